The van der Waals surface area contributed by atoms with E-state index in [1.165, 1.54) is 28.4 Å². The van der Waals surface area contributed by atoms with Crippen LogP contribution in [0.1, 0.15) is 72.9 Å². The number of benzene rings is 2. The lowest BCUT2D eigenvalue weighted by Crippen LogP contribution is -2.42. The standard InChI is InChI=1S/C34H42O8/c1-7-9-11-21-13-23-17-33(29(35)39-3,30(36)40-4)19-27(23)25(15-21)26-16-22(12-10-8-2)14-24-18-34(20-28(24)26,31(37)41-5)32(38)42-6/h13-16H,7-12,17-20H2,1-6H3. The zero-order valence-corrected chi connectivity index (χ0v) is 25.6. The van der Waals surface area contributed by atoms with E-state index < -0.39 is 34.7 Å². The Balaban J connectivity index is 1.98. The van der Waals surface area contributed by atoms with Crippen LogP contribution in [0.15, 0.2) is 24.3 Å². The number of hydrogen-bond donors (Lipinski definition) is 0. The van der Waals surface area contributed by atoms with Crippen molar-refractivity contribution in [2.24, 2.45) is 10.8 Å². The number of methoxy groups -OCH3 is 4. The zero-order valence-electron chi connectivity index (χ0n) is 25.6. The minimum absolute atomic E-state index is 0.137. The Morgan fingerprint density at radius 1 is 0.571 bits per heavy atom. The molecule has 2 aliphatic rings. The maximum absolute atomic E-state index is 13.1. The fourth-order valence-electron chi connectivity index (χ4n) is 6.76. The number of carbonyl (C=O) groups excluding carboxylic acids is 4. The van der Waals surface area contributed by atoms with Crippen molar-refractivity contribution in [2.75, 3.05) is 28.4 Å². The molecule has 0 atom stereocenters. The monoisotopic (exact) mass is 578 g/mol. The summed E-state index contributed by atoms with van der Waals surface area (Å²) in [5.74, 6) is -2.49. The second-order valence-electron chi connectivity index (χ2n) is 11.6. The van der Waals surface area contributed by atoms with Crippen molar-refractivity contribution in [2.45, 2.75) is 78.1 Å². The van der Waals surface area contributed by atoms with Crippen LogP contribution in [-0.4, -0.2) is 52.3 Å². The van der Waals surface area contributed by atoms with E-state index in [0.717, 1.165) is 83.0 Å². The Morgan fingerprint density at radius 3 is 1.19 bits per heavy atom. The van der Waals surface area contributed by atoms with E-state index in [0.29, 0.717) is 0 Å². The first kappa shape index (κ1) is 31.3. The van der Waals surface area contributed by atoms with E-state index in [1.54, 1.807) is 0 Å². The molecule has 0 saturated carbocycles. The summed E-state index contributed by atoms with van der Waals surface area (Å²) in [5.41, 5.74) is 4.66. The summed E-state index contributed by atoms with van der Waals surface area (Å²) in [6.07, 6.45) is 6.32. The molecule has 0 amide bonds. The summed E-state index contributed by atoms with van der Waals surface area (Å²) >= 11 is 0. The van der Waals surface area contributed by atoms with E-state index in [1.807, 2.05) is 0 Å². The van der Waals surface area contributed by atoms with E-state index in [4.69, 9.17) is 18.9 Å². The second-order valence-corrected chi connectivity index (χ2v) is 11.6. The van der Waals surface area contributed by atoms with Crippen molar-refractivity contribution in [3.63, 3.8) is 0 Å². The number of unbranched alkanes of at least 4 members (excludes halogenated alkanes) is 2. The summed E-state index contributed by atoms with van der Waals surface area (Å²) in [6, 6.07) is 8.48. The smallest absolute Gasteiger partial charge is 0.323 e. The van der Waals surface area contributed by atoms with Crippen molar-refractivity contribution in [1.29, 1.82) is 0 Å². The largest absolute Gasteiger partial charge is 0.468 e. The molecular weight excluding hydrogens is 536 g/mol. The molecule has 0 aliphatic heterocycles. The van der Waals surface area contributed by atoms with Gasteiger partial charge in [0, 0.05) is 12.8 Å². The van der Waals surface area contributed by atoms with E-state index in [2.05, 4.69) is 38.1 Å². The summed E-state index contributed by atoms with van der Waals surface area (Å²) in [7, 11) is 5.14. The van der Waals surface area contributed by atoms with E-state index in [9.17, 15) is 19.2 Å². The third-order valence-electron chi connectivity index (χ3n) is 8.98. The lowest BCUT2D eigenvalue weighted by Gasteiger charge is -2.23. The molecule has 0 aromatic heterocycles. The van der Waals surface area contributed by atoms with Gasteiger partial charge in [0.05, 0.1) is 28.4 Å². The molecule has 0 saturated heterocycles. The molecule has 0 unspecified atom stereocenters. The predicted octanol–water partition coefficient (Wildman–Crippen LogP) is 4.90. The molecule has 0 spiro atoms. The first-order chi connectivity index (χ1) is 20.1. The molecule has 8 heteroatoms. The van der Waals surface area contributed by atoms with E-state index in [-0.39, 0.29) is 25.7 Å². The van der Waals surface area contributed by atoms with E-state index >= 15 is 0 Å². The fourth-order valence-corrected chi connectivity index (χ4v) is 6.76. The Bertz CT molecular complexity index is 1250. The minimum Gasteiger partial charge on any atom is -0.468 e. The highest BCUT2D eigenvalue weighted by atomic mass is 16.6. The molecule has 0 radical (unpaired) electrons. The maximum Gasteiger partial charge on any atom is 0.323 e. The molecule has 0 bridgehead atoms. The molecule has 226 valence electrons. The Kier molecular flexibility index (Phi) is 9.43. The second kappa shape index (κ2) is 12.7. The molecule has 0 heterocycles. The van der Waals surface area contributed by atoms with Gasteiger partial charge in [0.25, 0.3) is 0 Å². The van der Waals surface area contributed by atoms with Crippen LogP contribution < -0.4 is 0 Å². The van der Waals surface area contributed by atoms with Crippen molar-refractivity contribution in [1.82, 2.24) is 0 Å². The average Bonchev–Trinajstić information content (AvgIpc) is 3.61. The van der Waals surface area contributed by atoms with Crippen molar-refractivity contribution in [3.8, 4) is 11.1 Å². The number of ether oxygens (including phenoxy) is 4. The first-order valence-corrected chi connectivity index (χ1v) is 14.8. The number of esters is 4. The SMILES string of the molecule is CCCCc1cc2c(c(-c3cc(CCCC)cc4c3CC(C(=O)OC)(C(=O)OC)C4)c1)CC(C(=O)OC)(C(=O)OC)C2. The Labute approximate surface area is 248 Å². The van der Waals surface area contributed by atoms with Crippen molar-refractivity contribution >= 4 is 23.9 Å². The number of aryl methyl sites for hydroxylation is 2. The molecule has 4 rings (SSSR count). The molecule has 2 aliphatic carbocycles. The van der Waals surface area contributed by atoms with Crippen LogP contribution in [0.4, 0.5) is 0 Å². The number of carbonyl (C=O) groups is 4. The highest BCUT2D eigenvalue weighted by Gasteiger charge is 2.55. The molecule has 2 aromatic rings. The molecule has 8 nitrogen and oxygen atoms in total. The van der Waals surface area contributed by atoms with Gasteiger partial charge in [-0.1, -0.05) is 51.0 Å². The van der Waals surface area contributed by atoms with Gasteiger partial charge in [0.2, 0.25) is 0 Å². The molecular formula is C34H42O8. The summed E-state index contributed by atoms with van der Waals surface area (Å²) in [4.78, 5) is 52.6. The van der Waals surface area contributed by atoms with Crippen LogP contribution in [0, 0.1) is 10.8 Å². The fraction of sp³-hybridized carbons (Fsp3) is 0.529. The van der Waals surface area contributed by atoms with Gasteiger partial charge in [-0.05, 0) is 83.0 Å². The van der Waals surface area contributed by atoms with Gasteiger partial charge in [-0.15, -0.1) is 0 Å². The number of hydrogen-bond acceptors (Lipinski definition) is 8. The van der Waals surface area contributed by atoms with Gasteiger partial charge >= 0.3 is 23.9 Å². The van der Waals surface area contributed by atoms with Crippen molar-refractivity contribution < 1.29 is 38.1 Å². The van der Waals surface area contributed by atoms with Gasteiger partial charge in [-0.3, -0.25) is 19.2 Å². The highest BCUT2D eigenvalue weighted by molar-refractivity contribution is 6.03. The number of fused-ring (bicyclic) bond motifs is 2. The van der Waals surface area contributed by atoms with Crippen LogP contribution in [0.2, 0.25) is 0 Å². The minimum atomic E-state index is -1.48. The van der Waals surface area contributed by atoms with Crippen LogP contribution in [0.5, 0.6) is 0 Å². The van der Waals surface area contributed by atoms with Crippen LogP contribution >= 0.6 is 0 Å². The van der Waals surface area contributed by atoms with Gasteiger partial charge in [0.15, 0.2) is 10.8 Å². The topological polar surface area (TPSA) is 105 Å². The Hall–Kier alpha value is -3.68. The molecule has 2 aromatic carbocycles. The van der Waals surface area contributed by atoms with Crippen LogP contribution in [0.3, 0.4) is 0 Å². The zero-order chi connectivity index (χ0) is 30.7. The lowest BCUT2D eigenvalue weighted by atomic mass is 9.82. The average molecular weight is 579 g/mol. The van der Waals surface area contributed by atoms with Gasteiger partial charge in [0.1, 0.15) is 0 Å². The summed E-state index contributed by atoms with van der Waals surface area (Å²) in [5, 5.41) is 0. The third kappa shape index (κ3) is 5.32. The predicted molar refractivity (Wildman–Crippen MR) is 157 cm³/mol. The van der Waals surface area contributed by atoms with Gasteiger partial charge in [-0.2, -0.15) is 0 Å². The summed E-state index contributed by atoms with van der Waals surface area (Å²) < 4.78 is 20.5. The highest BCUT2D eigenvalue weighted by Crippen LogP contribution is 2.49. The maximum atomic E-state index is 13.1. The van der Waals surface area contributed by atoms with Crippen LogP contribution in [-0.2, 0) is 76.7 Å². The molecule has 0 fully saturated rings. The first-order valence-electron chi connectivity index (χ1n) is 14.8. The van der Waals surface area contributed by atoms with Crippen molar-refractivity contribution in [3.05, 3.63) is 57.6 Å². The third-order valence-corrected chi connectivity index (χ3v) is 8.98. The molecule has 42 heavy (non-hydrogen) atoms. The normalized spacial score (nSPS) is 15.9. The van der Waals surface area contributed by atoms with Gasteiger partial charge in [-0.25, -0.2) is 0 Å². The lowest BCUT2D eigenvalue weighted by molar-refractivity contribution is -0.170. The van der Waals surface area contributed by atoms with Gasteiger partial charge < -0.3 is 18.9 Å². The van der Waals surface area contributed by atoms with Crippen LogP contribution in [0.25, 0.3) is 11.1 Å². The quantitative estimate of drug-likeness (QED) is 0.211. The number of rotatable bonds is 11. The molecule has 0 N–H and O–H groups in total. The summed E-state index contributed by atoms with van der Waals surface area (Å²) in [6.45, 7) is 4.27. The Morgan fingerprint density at radius 2 is 0.905 bits per heavy atom.